The highest BCUT2D eigenvalue weighted by Crippen LogP contribution is 2.37. The largest absolute Gasteiger partial charge is 0.487 e. The molecule has 1 aromatic rings. The molecule has 20 heavy (non-hydrogen) atoms. The molecule has 1 heterocycles. The molecule has 110 valence electrons. The molecule has 0 aromatic heterocycles. The van der Waals surface area contributed by atoms with E-state index in [1.165, 1.54) is 17.5 Å². The number of hydrogen-bond acceptors (Lipinski definition) is 3. The number of ether oxygens (including phenoxy) is 2. The van der Waals surface area contributed by atoms with Gasteiger partial charge in [0.2, 0.25) is 0 Å². The van der Waals surface area contributed by atoms with Crippen LogP contribution in [0, 0.1) is 12.8 Å². The molecule has 0 bridgehead atoms. The van der Waals surface area contributed by atoms with E-state index in [1.807, 2.05) is 0 Å². The van der Waals surface area contributed by atoms with Crippen molar-refractivity contribution in [3.05, 3.63) is 29.3 Å². The molecule has 1 fully saturated rings. The van der Waals surface area contributed by atoms with Gasteiger partial charge in [-0.2, -0.15) is 0 Å². The Bertz CT molecular complexity index is 488. The lowest BCUT2D eigenvalue weighted by atomic mass is 10.0. The Morgan fingerprint density at radius 1 is 1.45 bits per heavy atom. The van der Waals surface area contributed by atoms with Crippen molar-refractivity contribution >= 4 is 0 Å². The number of hydrogen-bond donors (Lipinski definition) is 1. The van der Waals surface area contributed by atoms with Crippen molar-refractivity contribution in [3.63, 3.8) is 0 Å². The third kappa shape index (κ3) is 2.70. The second-order valence-corrected chi connectivity index (χ2v) is 6.60. The van der Waals surface area contributed by atoms with Crippen LogP contribution in [0.1, 0.15) is 37.3 Å². The second-order valence-electron chi connectivity index (χ2n) is 6.60. The van der Waals surface area contributed by atoms with E-state index in [0.29, 0.717) is 13.2 Å². The van der Waals surface area contributed by atoms with E-state index in [0.717, 1.165) is 30.9 Å². The highest BCUT2D eigenvalue weighted by molar-refractivity contribution is 5.40. The van der Waals surface area contributed by atoms with E-state index in [-0.39, 0.29) is 11.7 Å². The Morgan fingerprint density at radius 2 is 2.30 bits per heavy atom. The third-order valence-corrected chi connectivity index (χ3v) is 4.72. The lowest BCUT2D eigenvalue weighted by molar-refractivity contribution is -0.0632. The number of fused-ring (bicyclic) bond motifs is 1. The van der Waals surface area contributed by atoms with Crippen molar-refractivity contribution < 1.29 is 9.47 Å². The Labute approximate surface area is 121 Å². The van der Waals surface area contributed by atoms with E-state index < -0.39 is 0 Å². The van der Waals surface area contributed by atoms with Crippen molar-refractivity contribution in [3.8, 4) is 5.75 Å². The maximum Gasteiger partial charge on any atom is 0.126 e. The standard InChI is InChI=1S/C17H25NO2/c1-12-3-4-16-14(7-12)8-15(20-16)10-19-17(11-18)6-5-13(2)9-17/h3-4,7,13,15H,5-6,8-11,18H2,1-2H3. The van der Waals surface area contributed by atoms with Gasteiger partial charge in [0.05, 0.1) is 12.2 Å². The van der Waals surface area contributed by atoms with Gasteiger partial charge < -0.3 is 15.2 Å². The Hall–Kier alpha value is -1.06. The summed E-state index contributed by atoms with van der Waals surface area (Å²) in [7, 11) is 0. The zero-order valence-corrected chi connectivity index (χ0v) is 12.5. The molecule has 0 spiro atoms. The summed E-state index contributed by atoms with van der Waals surface area (Å²) in [6.07, 6.45) is 4.49. The van der Waals surface area contributed by atoms with Gasteiger partial charge >= 0.3 is 0 Å². The Morgan fingerprint density at radius 3 is 3.00 bits per heavy atom. The van der Waals surface area contributed by atoms with E-state index in [2.05, 4.69) is 32.0 Å². The van der Waals surface area contributed by atoms with Crippen LogP contribution in [0.3, 0.4) is 0 Å². The van der Waals surface area contributed by atoms with Gasteiger partial charge in [-0.15, -0.1) is 0 Å². The number of rotatable bonds is 4. The van der Waals surface area contributed by atoms with Crippen molar-refractivity contribution in [2.24, 2.45) is 11.7 Å². The first-order valence-corrected chi connectivity index (χ1v) is 7.70. The minimum Gasteiger partial charge on any atom is -0.487 e. The first-order chi connectivity index (χ1) is 9.60. The summed E-state index contributed by atoms with van der Waals surface area (Å²) in [5.74, 6) is 1.74. The molecule has 1 aliphatic heterocycles. The monoisotopic (exact) mass is 275 g/mol. The van der Waals surface area contributed by atoms with Crippen LogP contribution in [-0.2, 0) is 11.2 Å². The summed E-state index contributed by atoms with van der Waals surface area (Å²) in [4.78, 5) is 0. The molecular weight excluding hydrogens is 250 g/mol. The summed E-state index contributed by atoms with van der Waals surface area (Å²) in [6.45, 7) is 5.67. The van der Waals surface area contributed by atoms with Crippen LogP contribution in [0.5, 0.6) is 5.75 Å². The van der Waals surface area contributed by atoms with Crippen LogP contribution >= 0.6 is 0 Å². The molecule has 3 atom stereocenters. The minimum atomic E-state index is -0.104. The topological polar surface area (TPSA) is 44.5 Å². The van der Waals surface area contributed by atoms with Gasteiger partial charge in [-0.1, -0.05) is 24.6 Å². The van der Waals surface area contributed by atoms with Gasteiger partial charge in [-0.05, 0) is 43.7 Å². The minimum absolute atomic E-state index is 0.104. The van der Waals surface area contributed by atoms with Crippen LogP contribution in [-0.4, -0.2) is 24.9 Å². The summed E-state index contributed by atoms with van der Waals surface area (Å²) >= 11 is 0. The van der Waals surface area contributed by atoms with Crippen molar-refractivity contribution in [1.29, 1.82) is 0 Å². The van der Waals surface area contributed by atoms with E-state index in [9.17, 15) is 0 Å². The van der Waals surface area contributed by atoms with Gasteiger partial charge in [-0.25, -0.2) is 0 Å². The van der Waals surface area contributed by atoms with E-state index >= 15 is 0 Å². The molecule has 2 N–H and O–H groups in total. The number of nitrogens with two attached hydrogens (primary N) is 1. The van der Waals surface area contributed by atoms with Gasteiger partial charge in [0, 0.05) is 13.0 Å². The first-order valence-electron chi connectivity index (χ1n) is 7.70. The SMILES string of the molecule is Cc1ccc2c(c1)CC(COC1(CN)CCC(C)C1)O2. The van der Waals surface area contributed by atoms with Crippen LogP contribution in [0.4, 0.5) is 0 Å². The molecule has 1 aromatic carbocycles. The van der Waals surface area contributed by atoms with Gasteiger partial charge in [0.1, 0.15) is 11.9 Å². The summed E-state index contributed by atoms with van der Waals surface area (Å²) < 4.78 is 12.2. The average Bonchev–Trinajstić information content (AvgIpc) is 3.00. The average molecular weight is 275 g/mol. The summed E-state index contributed by atoms with van der Waals surface area (Å²) in [5, 5.41) is 0. The smallest absolute Gasteiger partial charge is 0.126 e. The molecule has 1 aliphatic carbocycles. The van der Waals surface area contributed by atoms with Crippen molar-refractivity contribution in [2.45, 2.75) is 51.2 Å². The zero-order chi connectivity index (χ0) is 14.2. The lowest BCUT2D eigenvalue weighted by Crippen LogP contribution is -2.41. The summed E-state index contributed by atoms with van der Waals surface area (Å²) in [5.41, 5.74) is 8.44. The predicted octanol–water partition coefficient (Wildman–Crippen LogP) is 2.83. The Balaban J connectivity index is 1.58. The van der Waals surface area contributed by atoms with E-state index in [4.69, 9.17) is 15.2 Å². The maximum absolute atomic E-state index is 6.21. The molecule has 0 amide bonds. The molecule has 3 rings (SSSR count). The second kappa shape index (κ2) is 5.38. The highest BCUT2D eigenvalue weighted by atomic mass is 16.5. The number of benzene rings is 1. The fourth-order valence-corrected chi connectivity index (χ4v) is 3.54. The fraction of sp³-hybridized carbons (Fsp3) is 0.647. The van der Waals surface area contributed by atoms with Crippen LogP contribution in [0.15, 0.2) is 18.2 Å². The predicted molar refractivity (Wildman–Crippen MR) is 80.1 cm³/mol. The van der Waals surface area contributed by atoms with Crippen LogP contribution < -0.4 is 10.5 Å². The molecular formula is C17H25NO2. The van der Waals surface area contributed by atoms with Crippen molar-refractivity contribution in [1.82, 2.24) is 0 Å². The first kappa shape index (κ1) is 13.9. The highest BCUT2D eigenvalue weighted by Gasteiger charge is 2.38. The molecule has 0 radical (unpaired) electrons. The molecule has 3 heteroatoms. The van der Waals surface area contributed by atoms with Crippen LogP contribution in [0.2, 0.25) is 0 Å². The van der Waals surface area contributed by atoms with Crippen molar-refractivity contribution in [2.75, 3.05) is 13.2 Å². The summed E-state index contributed by atoms with van der Waals surface area (Å²) in [6, 6.07) is 6.38. The molecule has 3 nitrogen and oxygen atoms in total. The zero-order valence-electron chi connectivity index (χ0n) is 12.5. The Kier molecular flexibility index (Phi) is 3.74. The van der Waals surface area contributed by atoms with E-state index in [1.54, 1.807) is 0 Å². The normalized spacial score (nSPS) is 32.1. The third-order valence-electron chi connectivity index (χ3n) is 4.72. The lowest BCUT2D eigenvalue weighted by Gasteiger charge is -2.29. The molecule has 3 unspecified atom stereocenters. The quantitative estimate of drug-likeness (QED) is 0.919. The van der Waals surface area contributed by atoms with Gasteiger partial charge in [0.15, 0.2) is 0 Å². The van der Waals surface area contributed by atoms with Gasteiger partial charge in [0.25, 0.3) is 0 Å². The fourth-order valence-electron chi connectivity index (χ4n) is 3.54. The molecule has 2 aliphatic rings. The number of aryl methyl sites for hydroxylation is 1. The molecule has 1 saturated carbocycles. The molecule has 0 saturated heterocycles. The van der Waals surface area contributed by atoms with Crippen LogP contribution in [0.25, 0.3) is 0 Å². The maximum atomic E-state index is 6.21. The van der Waals surface area contributed by atoms with Gasteiger partial charge in [-0.3, -0.25) is 0 Å².